The first-order valence-electron chi connectivity index (χ1n) is 15.4. The Morgan fingerprint density at radius 1 is 0.919 bits per heavy atom. The molecule has 0 amide bonds. The fourth-order valence-electron chi connectivity index (χ4n) is 8.36. The van der Waals surface area contributed by atoms with Crippen molar-refractivity contribution in [2.45, 2.75) is 102 Å². The van der Waals surface area contributed by atoms with E-state index in [1.807, 2.05) is 0 Å². The van der Waals surface area contributed by atoms with E-state index >= 15 is 0 Å². The maximum absolute atomic E-state index is 3.59. The molecule has 37 heavy (non-hydrogen) atoms. The van der Waals surface area contributed by atoms with Crippen molar-refractivity contribution in [1.29, 1.82) is 0 Å². The molecular formula is C34H49N3. The van der Waals surface area contributed by atoms with Crippen molar-refractivity contribution in [2.24, 2.45) is 5.41 Å². The Bertz CT molecular complexity index is 1030. The first-order valence-corrected chi connectivity index (χ1v) is 15.4. The molecule has 2 aromatic rings. The van der Waals surface area contributed by atoms with E-state index in [4.69, 9.17) is 0 Å². The molecule has 4 aliphatic rings. The van der Waals surface area contributed by atoms with Crippen molar-refractivity contribution in [3.05, 3.63) is 70.8 Å². The predicted octanol–water partition coefficient (Wildman–Crippen LogP) is 6.90. The highest BCUT2D eigenvalue weighted by molar-refractivity contribution is 5.34. The highest BCUT2D eigenvalue weighted by Gasteiger charge is 2.49. The van der Waals surface area contributed by atoms with Crippen LogP contribution in [-0.4, -0.2) is 54.6 Å². The minimum absolute atomic E-state index is 0.541. The molecule has 200 valence electrons. The lowest BCUT2D eigenvalue weighted by molar-refractivity contribution is -0.0693. The van der Waals surface area contributed by atoms with Gasteiger partial charge in [-0.05, 0) is 104 Å². The minimum Gasteiger partial charge on any atom is -0.317 e. The molecule has 2 heterocycles. The van der Waals surface area contributed by atoms with E-state index in [1.54, 1.807) is 16.7 Å². The number of piperazine rings is 1. The second-order valence-electron chi connectivity index (χ2n) is 13.1. The average molecular weight is 500 g/mol. The lowest BCUT2D eigenvalue weighted by atomic mass is 9.60. The molecule has 2 saturated carbocycles. The maximum Gasteiger partial charge on any atom is 0.0481 e. The molecule has 2 saturated heterocycles. The van der Waals surface area contributed by atoms with Gasteiger partial charge in [0.25, 0.3) is 0 Å². The quantitative estimate of drug-likeness (QED) is 0.466. The zero-order chi connectivity index (χ0) is 25.4. The molecule has 6 rings (SSSR count). The standard InChI is InChI=1S/C34H49N3/c1-4-26-9-11-27(12-10-26)28-13-14-29(21-28)36-19-20-37(30-22-34(23-30)15-17-35-18-16-34)33(24-36)32-8-6-5-7-31(32)25(2)3/h5-12,25,28-30,33,35H,4,13-24H2,1-3H3. The van der Waals surface area contributed by atoms with Crippen LogP contribution >= 0.6 is 0 Å². The first kappa shape index (κ1) is 25.6. The zero-order valence-corrected chi connectivity index (χ0v) is 23.6. The van der Waals surface area contributed by atoms with Crippen molar-refractivity contribution < 1.29 is 0 Å². The van der Waals surface area contributed by atoms with Crippen molar-refractivity contribution in [2.75, 3.05) is 32.7 Å². The Balaban J connectivity index is 1.19. The molecule has 0 aromatic heterocycles. The van der Waals surface area contributed by atoms with Crippen molar-refractivity contribution in [3.8, 4) is 0 Å². The van der Waals surface area contributed by atoms with Crippen LogP contribution in [-0.2, 0) is 6.42 Å². The normalized spacial score (nSPS) is 29.1. The van der Waals surface area contributed by atoms with Crippen LogP contribution in [0.4, 0.5) is 0 Å². The van der Waals surface area contributed by atoms with Crippen molar-refractivity contribution >= 4 is 0 Å². The van der Waals surface area contributed by atoms with Crippen LogP contribution in [0.15, 0.2) is 48.5 Å². The van der Waals surface area contributed by atoms with Crippen molar-refractivity contribution in [1.82, 2.24) is 15.1 Å². The number of rotatable bonds is 6. The number of hydrogen-bond donors (Lipinski definition) is 1. The highest BCUT2D eigenvalue weighted by Crippen LogP contribution is 2.52. The molecule has 3 nitrogen and oxygen atoms in total. The summed E-state index contributed by atoms with van der Waals surface area (Å²) >= 11 is 0. The minimum atomic E-state index is 0.541. The number of nitrogens with one attached hydrogen (secondary N) is 1. The smallest absolute Gasteiger partial charge is 0.0481 e. The Labute approximate surface area is 226 Å². The van der Waals surface area contributed by atoms with E-state index in [2.05, 4.69) is 84.4 Å². The molecule has 1 N–H and O–H groups in total. The summed E-state index contributed by atoms with van der Waals surface area (Å²) in [6.07, 6.45) is 10.8. The van der Waals surface area contributed by atoms with E-state index in [0.29, 0.717) is 17.4 Å². The Hall–Kier alpha value is -1.68. The van der Waals surface area contributed by atoms with E-state index in [1.165, 1.54) is 83.2 Å². The Kier molecular flexibility index (Phi) is 7.49. The third kappa shape index (κ3) is 5.16. The molecule has 4 fully saturated rings. The van der Waals surface area contributed by atoms with Gasteiger partial charge in [0.15, 0.2) is 0 Å². The number of nitrogens with zero attached hydrogens (tertiary/aromatic N) is 2. The van der Waals surface area contributed by atoms with Gasteiger partial charge in [-0.3, -0.25) is 9.80 Å². The molecule has 2 aromatic carbocycles. The van der Waals surface area contributed by atoms with E-state index < -0.39 is 0 Å². The zero-order valence-electron chi connectivity index (χ0n) is 23.6. The third-order valence-corrected chi connectivity index (χ3v) is 10.7. The van der Waals surface area contributed by atoms with Gasteiger partial charge in [-0.1, -0.05) is 69.3 Å². The monoisotopic (exact) mass is 499 g/mol. The molecule has 0 bridgehead atoms. The summed E-state index contributed by atoms with van der Waals surface area (Å²) in [5, 5.41) is 3.59. The van der Waals surface area contributed by atoms with Gasteiger partial charge in [0.2, 0.25) is 0 Å². The number of hydrogen-bond acceptors (Lipinski definition) is 3. The number of aryl methyl sites for hydroxylation is 1. The van der Waals surface area contributed by atoms with Gasteiger partial charge in [-0.25, -0.2) is 0 Å². The van der Waals surface area contributed by atoms with Crippen LogP contribution in [0.5, 0.6) is 0 Å². The van der Waals surface area contributed by atoms with E-state index in [9.17, 15) is 0 Å². The van der Waals surface area contributed by atoms with Crippen LogP contribution in [0.25, 0.3) is 0 Å². The Morgan fingerprint density at radius 3 is 2.41 bits per heavy atom. The van der Waals surface area contributed by atoms with Gasteiger partial charge in [-0.2, -0.15) is 0 Å². The van der Waals surface area contributed by atoms with Gasteiger partial charge in [-0.15, -0.1) is 0 Å². The lowest BCUT2D eigenvalue weighted by Crippen LogP contribution is -2.60. The Morgan fingerprint density at radius 2 is 1.68 bits per heavy atom. The van der Waals surface area contributed by atoms with Crippen LogP contribution in [0.3, 0.4) is 0 Å². The lowest BCUT2D eigenvalue weighted by Gasteiger charge is -2.58. The van der Waals surface area contributed by atoms with Crippen LogP contribution in [0, 0.1) is 5.41 Å². The molecule has 0 radical (unpaired) electrons. The average Bonchev–Trinajstić information content (AvgIpc) is 3.42. The summed E-state index contributed by atoms with van der Waals surface area (Å²) < 4.78 is 0. The van der Waals surface area contributed by atoms with Gasteiger partial charge in [0.1, 0.15) is 0 Å². The first-order chi connectivity index (χ1) is 18.0. The SMILES string of the molecule is CCc1ccc(C2CCC(N3CCN(C4CC5(CCNCC5)C4)C(c4ccccc4C(C)C)C3)C2)cc1. The summed E-state index contributed by atoms with van der Waals surface area (Å²) in [5.74, 6) is 1.31. The largest absolute Gasteiger partial charge is 0.317 e. The van der Waals surface area contributed by atoms with Crippen LogP contribution in [0.2, 0.25) is 0 Å². The highest BCUT2D eigenvalue weighted by atomic mass is 15.3. The summed E-state index contributed by atoms with van der Waals surface area (Å²) in [4.78, 5) is 5.86. The van der Waals surface area contributed by atoms with E-state index in [0.717, 1.165) is 24.4 Å². The second kappa shape index (κ2) is 10.8. The van der Waals surface area contributed by atoms with Gasteiger partial charge < -0.3 is 5.32 Å². The summed E-state index contributed by atoms with van der Waals surface area (Å²) in [5.41, 5.74) is 6.85. The van der Waals surface area contributed by atoms with Crippen LogP contribution < -0.4 is 5.32 Å². The molecule has 3 atom stereocenters. The topological polar surface area (TPSA) is 18.5 Å². The summed E-state index contributed by atoms with van der Waals surface area (Å²) in [7, 11) is 0. The van der Waals surface area contributed by atoms with Gasteiger partial charge >= 0.3 is 0 Å². The maximum atomic E-state index is 3.59. The molecular weight excluding hydrogens is 450 g/mol. The summed E-state index contributed by atoms with van der Waals surface area (Å²) in [6.45, 7) is 13.2. The third-order valence-electron chi connectivity index (χ3n) is 10.7. The van der Waals surface area contributed by atoms with Crippen LogP contribution in [0.1, 0.15) is 106 Å². The van der Waals surface area contributed by atoms with Gasteiger partial charge in [0, 0.05) is 37.8 Å². The second-order valence-corrected chi connectivity index (χ2v) is 13.1. The van der Waals surface area contributed by atoms with Crippen molar-refractivity contribution in [3.63, 3.8) is 0 Å². The number of benzene rings is 2. The van der Waals surface area contributed by atoms with E-state index in [-0.39, 0.29) is 0 Å². The molecule has 1 spiro atoms. The predicted molar refractivity (Wildman–Crippen MR) is 155 cm³/mol. The fourth-order valence-corrected chi connectivity index (χ4v) is 8.36. The molecule has 2 aliphatic heterocycles. The fraction of sp³-hybridized carbons (Fsp3) is 0.647. The molecule has 2 aliphatic carbocycles. The molecule has 3 heteroatoms. The summed E-state index contributed by atoms with van der Waals surface area (Å²) in [6, 6.07) is 21.0. The molecule has 3 unspecified atom stereocenters. The van der Waals surface area contributed by atoms with Gasteiger partial charge in [0.05, 0.1) is 0 Å². The number of piperidine rings is 1.